The molecule has 0 bridgehead atoms. The largest absolute Gasteiger partial charge is 0.417 e. The Hall–Kier alpha value is 0.0538. The molecule has 0 radical (unpaired) electrons. The zero-order valence-electron chi connectivity index (χ0n) is 23.7. The van der Waals surface area contributed by atoms with Crippen molar-refractivity contribution in [1.82, 2.24) is 0 Å². The summed E-state index contributed by atoms with van der Waals surface area (Å²) in [5.74, 6) is 0.625. The number of rotatable bonds is 12. The van der Waals surface area contributed by atoms with Gasteiger partial charge in [-0.2, -0.15) is 0 Å². The summed E-state index contributed by atoms with van der Waals surface area (Å²) in [6, 6.07) is 0. The van der Waals surface area contributed by atoms with Gasteiger partial charge in [0.1, 0.15) is 0 Å². The van der Waals surface area contributed by atoms with Gasteiger partial charge in [0.25, 0.3) is 0 Å². The molecule has 3 nitrogen and oxygen atoms in total. The topological polar surface area (TPSA) is 27.7 Å². The molecule has 0 aromatic rings. The quantitative estimate of drug-likeness (QED) is 0.157. The molecule has 0 aromatic heterocycles. The van der Waals surface area contributed by atoms with E-state index in [4.69, 9.17) is 13.6 Å². The van der Waals surface area contributed by atoms with Gasteiger partial charge < -0.3 is 13.6 Å². The van der Waals surface area contributed by atoms with Crippen molar-refractivity contribution in [3.05, 3.63) is 12.2 Å². The van der Waals surface area contributed by atoms with Crippen molar-refractivity contribution < 1.29 is 13.6 Å². The van der Waals surface area contributed by atoms with Crippen LogP contribution in [0.1, 0.15) is 93.9 Å². The molecule has 1 aliphatic heterocycles. The lowest BCUT2D eigenvalue weighted by molar-refractivity contribution is 0.0165. The molecular formula is C27H56O3Si2. The summed E-state index contributed by atoms with van der Waals surface area (Å²) in [4.78, 5) is 0. The third kappa shape index (κ3) is 9.36. The highest BCUT2D eigenvalue weighted by molar-refractivity contribution is 6.74. The van der Waals surface area contributed by atoms with Crippen LogP contribution in [0.2, 0.25) is 36.3 Å². The van der Waals surface area contributed by atoms with Crippen LogP contribution in [-0.4, -0.2) is 41.6 Å². The van der Waals surface area contributed by atoms with Crippen molar-refractivity contribution in [3.8, 4) is 0 Å². The minimum atomic E-state index is -1.79. The first-order valence-corrected chi connectivity index (χ1v) is 18.8. The van der Waals surface area contributed by atoms with Crippen LogP contribution >= 0.6 is 0 Å². The van der Waals surface area contributed by atoms with E-state index in [9.17, 15) is 0 Å². The zero-order valence-corrected chi connectivity index (χ0v) is 25.7. The summed E-state index contributed by atoms with van der Waals surface area (Å²) in [5, 5.41) is 0.512. The molecule has 0 spiro atoms. The van der Waals surface area contributed by atoms with Crippen LogP contribution in [0.5, 0.6) is 0 Å². The Morgan fingerprint density at radius 1 is 1.00 bits per heavy atom. The standard InChI is InChI=1S/C27H56O3Si2/c1-21(2)19-24(30-32(12,13)27(7,8)9)16-17-25-22(3)20-23(29-25)15-14-18-28-31(10,11)26(4,5)6/h22-25H,1,14-20H2,2-13H3/t22?,23-,24+,25-/m0/s1. The third-order valence-electron chi connectivity index (χ3n) is 8.19. The molecule has 1 rings (SSSR count). The van der Waals surface area contributed by atoms with E-state index in [1.165, 1.54) is 12.0 Å². The lowest BCUT2D eigenvalue weighted by Crippen LogP contribution is -2.44. The van der Waals surface area contributed by atoms with Gasteiger partial charge in [-0.05, 0) is 87.6 Å². The Kier molecular flexibility index (Phi) is 11.0. The van der Waals surface area contributed by atoms with Gasteiger partial charge in [-0.25, -0.2) is 0 Å². The lowest BCUT2D eigenvalue weighted by Gasteiger charge is -2.39. The van der Waals surface area contributed by atoms with Gasteiger partial charge >= 0.3 is 0 Å². The number of hydrogen-bond donors (Lipinski definition) is 0. The van der Waals surface area contributed by atoms with E-state index in [0.29, 0.717) is 18.1 Å². The molecule has 1 heterocycles. The van der Waals surface area contributed by atoms with Crippen molar-refractivity contribution in [1.29, 1.82) is 0 Å². The molecule has 0 aromatic carbocycles. The fraction of sp³-hybridized carbons (Fsp3) is 0.926. The predicted octanol–water partition coefficient (Wildman–Crippen LogP) is 8.72. The molecular weight excluding hydrogens is 428 g/mol. The Labute approximate surface area is 203 Å². The first-order chi connectivity index (χ1) is 14.4. The summed E-state index contributed by atoms with van der Waals surface area (Å²) in [6.07, 6.45) is 7.52. The Balaban J connectivity index is 2.52. The average Bonchev–Trinajstić information content (AvgIpc) is 2.93. The van der Waals surface area contributed by atoms with Crippen molar-refractivity contribution >= 4 is 16.6 Å². The van der Waals surface area contributed by atoms with Crippen molar-refractivity contribution in [2.45, 2.75) is 148 Å². The SMILES string of the molecule is C=C(C)C[C@@H](CC[C@@H]1O[C@@H](CCCO[Si](C)(C)C(C)(C)C)CC1C)O[Si](C)(C)C(C)(C)C. The second-order valence-electron chi connectivity index (χ2n) is 13.5. The smallest absolute Gasteiger partial charge is 0.192 e. The minimum absolute atomic E-state index is 0.231. The summed E-state index contributed by atoms with van der Waals surface area (Å²) in [6.45, 7) is 32.8. The van der Waals surface area contributed by atoms with Crippen LogP contribution in [0.15, 0.2) is 12.2 Å². The van der Waals surface area contributed by atoms with Crippen LogP contribution in [-0.2, 0) is 13.6 Å². The lowest BCUT2D eigenvalue weighted by atomic mass is 9.95. The highest BCUT2D eigenvalue weighted by atomic mass is 28.4. The highest BCUT2D eigenvalue weighted by Gasteiger charge is 2.40. The maximum atomic E-state index is 6.78. The fourth-order valence-electron chi connectivity index (χ4n) is 3.93. The summed E-state index contributed by atoms with van der Waals surface area (Å²) >= 11 is 0. The molecule has 0 N–H and O–H groups in total. The van der Waals surface area contributed by atoms with Crippen molar-refractivity contribution in [3.63, 3.8) is 0 Å². The van der Waals surface area contributed by atoms with E-state index in [0.717, 1.165) is 38.7 Å². The Bertz CT molecular complexity index is 587. The normalized spacial score (nSPS) is 24.1. The first kappa shape index (κ1) is 30.1. The average molecular weight is 485 g/mol. The summed E-state index contributed by atoms with van der Waals surface area (Å²) < 4.78 is 19.7. The minimum Gasteiger partial charge on any atom is -0.417 e. The fourth-order valence-corrected chi connectivity index (χ4v) is 6.41. The Morgan fingerprint density at radius 2 is 1.56 bits per heavy atom. The summed E-state index contributed by atoms with van der Waals surface area (Å²) in [7, 11) is -3.43. The second-order valence-corrected chi connectivity index (χ2v) is 23.1. The maximum absolute atomic E-state index is 6.78. The second kappa shape index (κ2) is 11.7. The van der Waals surface area contributed by atoms with Gasteiger partial charge in [-0.3, -0.25) is 0 Å². The molecule has 1 saturated heterocycles. The first-order valence-electron chi connectivity index (χ1n) is 13.0. The van der Waals surface area contributed by atoms with Gasteiger partial charge in [-0.15, -0.1) is 6.58 Å². The maximum Gasteiger partial charge on any atom is 0.192 e. The predicted molar refractivity (Wildman–Crippen MR) is 146 cm³/mol. The summed E-state index contributed by atoms with van der Waals surface area (Å²) in [5.41, 5.74) is 1.22. The van der Waals surface area contributed by atoms with E-state index in [2.05, 4.69) is 88.2 Å². The van der Waals surface area contributed by atoms with Crippen LogP contribution in [0.3, 0.4) is 0 Å². The van der Waals surface area contributed by atoms with Gasteiger partial charge in [0.05, 0.1) is 12.2 Å². The van der Waals surface area contributed by atoms with Gasteiger partial charge in [0, 0.05) is 12.7 Å². The van der Waals surface area contributed by atoms with E-state index in [-0.39, 0.29) is 16.2 Å². The van der Waals surface area contributed by atoms with E-state index >= 15 is 0 Å². The molecule has 1 fully saturated rings. The highest BCUT2D eigenvalue weighted by Crippen LogP contribution is 2.40. The zero-order chi connectivity index (χ0) is 25.0. The van der Waals surface area contributed by atoms with Crippen LogP contribution in [0, 0.1) is 5.92 Å². The third-order valence-corrected chi connectivity index (χ3v) is 17.3. The molecule has 190 valence electrons. The van der Waals surface area contributed by atoms with Crippen molar-refractivity contribution in [2.24, 2.45) is 5.92 Å². The molecule has 1 unspecified atom stereocenters. The van der Waals surface area contributed by atoms with Crippen molar-refractivity contribution in [2.75, 3.05) is 6.61 Å². The van der Waals surface area contributed by atoms with E-state index in [1.807, 2.05) is 0 Å². The molecule has 0 amide bonds. The molecule has 0 saturated carbocycles. The molecule has 5 heteroatoms. The van der Waals surface area contributed by atoms with Gasteiger partial charge in [0.15, 0.2) is 16.6 Å². The van der Waals surface area contributed by atoms with Crippen LogP contribution in [0.4, 0.5) is 0 Å². The molecule has 32 heavy (non-hydrogen) atoms. The van der Waals surface area contributed by atoms with E-state index < -0.39 is 16.6 Å². The number of hydrogen-bond acceptors (Lipinski definition) is 3. The van der Waals surface area contributed by atoms with Gasteiger partial charge in [0.2, 0.25) is 0 Å². The Morgan fingerprint density at radius 3 is 2.06 bits per heavy atom. The monoisotopic (exact) mass is 484 g/mol. The van der Waals surface area contributed by atoms with E-state index in [1.54, 1.807) is 0 Å². The molecule has 1 aliphatic rings. The van der Waals surface area contributed by atoms with Crippen LogP contribution < -0.4 is 0 Å². The van der Waals surface area contributed by atoms with Crippen LogP contribution in [0.25, 0.3) is 0 Å². The number of ether oxygens (including phenoxy) is 1. The molecule has 4 atom stereocenters. The molecule has 0 aliphatic carbocycles. The van der Waals surface area contributed by atoms with Gasteiger partial charge in [-0.1, -0.05) is 54.0 Å².